The van der Waals surface area contributed by atoms with E-state index in [-0.39, 0.29) is 5.91 Å². The zero-order valence-corrected chi connectivity index (χ0v) is 17.8. The van der Waals surface area contributed by atoms with Gasteiger partial charge in [-0.3, -0.25) is 9.69 Å². The average molecular weight is 411 g/mol. The molecule has 0 unspecified atom stereocenters. The Labute approximate surface area is 178 Å². The van der Waals surface area contributed by atoms with E-state index >= 15 is 0 Å². The minimum atomic E-state index is -0.477. The largest absolute Gasteiger partial charge is 0.497 e. The number of hydrogen-bond donors (Lipinski definition) is 1. The molecule has 2 aromatic rings. The lowest BCUT2D eigenvalue weighted by molar-refractivity contribution is -0.117. The van der Waals surface area contributed by atoms with Crippen molar-refractivity contribution in [1.29, 1.82) is 0 Å². The molecule has 0 radical (unpaired) electrons. The fourth-order valence-electron chi connectivity index (χ4n) is 4.16. The van der Waals surface area contributed by atoms with Crippen molar-refractivity contribution in [3.05, 3.63) is 48.0 Å². The smallest absolute Gasteiger partial charge is 0.251 e. The van der Waals surface area contributed by atoms with Gasteiger partial charge in [-0.2, -0.15) is 0 Å². The molecule has 1 saturated carbocycles. The standard InChI is InChI=1S/C24H30N2O4/c1-26(15-5-6-18-7-10-20(28-2)11-8-18)17-23(27)25-19-9-12-21-22(16-19)30-24(29-21)13-3-4-14-24/h7-12,16H,3-6,13-15,17H2,1-2H3,(H,25,27). The first-order valence-electron chi connectivity index (χ1n) is 10.7. The summed E-state index contributed by atoms with van der Waals surface area (Å²) in [7, 11) is 3.64. The van der Waals surface area contributed by atoms with E-state index in [0.717, 1.165) is 68.0 Å². The van der Waals surface area contributed by atoms with Crippen molar-refractivity contribution in [1.82, 2.24) is 4.90 Å². The van der Waals surface area contributed by atoms with E-state index in [2.05, 4.69) is 17.4 Å². The molecule has 1 fully saturated rings. The lowest BCUT2D eigenvalue weighted by Gasteiger charge is -2.21. The zero-order valence-electron chi connectivity index (χ0n) is 17.8. The van der Waals surface area contributed by atoms with Gasteiger partial charge in [-0.25, -0.2) is 0 Å². The number of nitrogens with zero attached hydrogens (tertiary/aromatic N) is 1. The molecule has 2 aromatic carbocycles. The van der Waals surface area contributed by atoms with Crippen LogP contribution >= 0.6 is 0 Å². The van der Waals surface area contributed by atoms with E-state index in [4.69, 9.17) is 14.2 Å². The summed E-state index contributed by atoms with van der Waals surface area (Å²) in [6.07, 6.45) is 6.06. The van der Waals surface area contributed by atoms with E-state index in [1.54, 1.807) is 7.11 Å². The number of methoxy groups -OCH3 is 1. The summed E-state index contributed by atoms with van der Waals surface area (Å²) in [4.78, 5) is 14.5. The van der Waals surface area contributed by atoms with Gasteiger partial charge >= 0.3 is 0 Å². The molecule has 30 heavy (non-hydrogen) atoms. The number of anilines is 1. The predicted molar refractivity (Wildman–Crippen MR) is 116 cm³/mol. The van der Waals surface area contributed by atoms with Crippen LogP contribution in [0.4, 0.5) is 5.69 Å². The molecule has 1 heterocycles. The van der Waals surface area contributed by atoms with Gasteiger partial charge in [0.1, 0.15) is 5.75 Å². The number of carbonyl (C=O) groups excluding carboxylic acids is 1. The van der Waals surface area contributed by atoms with Gasteiger partial charge in [-0.15, -0.1) is 0 Å². The van der Waals surface area contributed by atoms with E-state index in [1.165, 1.54) is 5.56 Å². The van der Waals surface area contributed by atoms with Crippen LogP contribution in [0.25, 0.3) is 0 Å². The van der Waals surface area contributed by atoms with E-state index in [1.807, 2.05) is 42.3 Å². The number of carbonyl (C=O) groups is 1. The van der Waals surface area contributed by atoms with E-state index in [0.29, 0.717) is 6.54 Å². The second kappa shape index (κ2) is 8.96. The van der Waals surface area contributed by atoms with Crippen LogP contribution in [0, 0.1) is 0 Å². The molecule has 2 aliphatic rings. The van der Waals surface area contributed by atoms with Crippen LogP contribution in [-0.4, -0.2) is 43.8 Å². The first-order valence-corrected chi connectivity index (χ1v) is 10.7. The molecule has 0 atom stereocenters. The molecule has 4 rings (SSSR count). The summed E-state index contributed by atoms with van der Waals surface area (Å²) in [6.45, 7) is 1.20. The molecule has 1 aliphatic heterocycles. The fourth-order valence-corrected chi connectivity index (χ4v) is 4.16. The first kappa shape index (κ1) is 20.5. The third kappa shape index (κ3) is 4.87. The number of benzene rings is 2. The number of hydrogen-bond acceptors (Lipinski definition) is 5. The Morgan fingerprint density at radius 3 is 2.57 bits per heavy atom. The number of rotatable bonds is 8. The van der Waals surface area contributed by atoms with Crippen LogP contribution in [0.15, 0.2) is 42.5 Å². The molecular formula is C24H30N2O4. The van der Waals surface area contributed by atoms with Gasteiger partial charge in [0.25, 0.3) is 5.79 Å². The van der Waals surface area contributed by atoms with Crippen LogP contribution in [-0.2, 0) is 11.2 Å². The van der Waals surface area contributed by atoms with Gasteiger partial charge in [-0.05, 0) is 69.1 Å². The Morgan fingerprint density at radius 2 is 1.83 bits per heavy atom. The van der Waals surface area contributed by atoms with Gasteiger partial charge in [0.05, 0.1) is 13.7 Å². The summed E-state index contributed by atoms with van der Waals surface area (Å²) < 4.78 is 17.3. The van der Waals surface area contributed by atoms with Crippen molar-refractivity contribution in [2.75, 3.05) is 32.6 Å². The fraction of sp³-hybridized carbons (Fsp3) is 0.458. The second-order valence-electron chi connectivity index (χ2n) is 8.22. The second-order valence-corrected chi connectivity index (χ2v) is 8.22. The van der Waals surface area contributed by atoms with Crippen LogP contribution in [0.1, 0.15) is 37.7 Å². The average Bonchev–Trinajstić information content (AvgIpc) is 3.33. The molecule has 6 nitrogen and oxygen atoms in total. The number of fused-ring (bicyclic) bond motifs is 1. The van der Waals surface area contributed by atoms with Crippen LogP contribution in [0.3, 0.4) is 0 Å². The molecule has 0 bridgehead atoms. The van der Waals surface area contributed by atoms with Gasteiger partial charge in [0.2, 0.25) is 5.91 Å². The number of aryl methyl sites for hydroxylation is 1. The normalized spacial score (nSPS) is 16.2. The molecule has 1 amide bonds. The van der Waals surface area contributed by atoms with Crippen molar-refractivity contribution in [2.45, 2.75) is 44.3 Å². The highest BCUT2D eigenvalue weighted by Crippen LogP contribution is 2.47. The van der Waals surface area contributed by atoms with Gasteiger partial charge in [0.15, 0.2) is 11.5 Å². The molecule has 6 heteroatoms. The third-order valence-electron chi connectivity index (χ3n) is 5.76. The summed E-state index contributed by atoms with van der Waals surface area (Å²) in [6, 6.07) is 13.7. The predicted octanol–water partition coefficient (Wildman–Crippen LogP) is 4.24. The Hall–Kier alpha value is -2.73. The molecule has 1 N–H and O–H groups in total. The van der Waals surface area contributed by atoms with Crippen LogP contribution in [0.2, 0.25) is 0 Å². The summed E-state index contributed by atoms with van der Waals surface area (Å²) in [5, 5.41) is 2.97. The molecule has 160 valence electrons. The monoisotopic (exact) mass is 410 g/mol. The maximum atomic E-state index is 12.4. The molecular weight excluding hydrogens is 380 g/mol. The van der Waals surface area contributed by atoms with Gasteiger partial charge in [0, 0.05) is 24.6 Å². The Bertz CT molecular complexity index is 875. The van der Waals surface area contributed by atoms with E-state index in [9.17, 15) is 4.79 Å². The van der Waals surface area contributed by atoms with Crippen LogP contribution < -0.4 is 19.5 Å². The molecule has 0 aromatic heterocycles. The number of amides is 1. The number of nitrogens with one attached hydrogen (secondary N) is 1. The quantitative estimate of drug-likeness (QED) is 0.705. The van der Waals surface area contributed by atoms with Crippen molar-refractivity contribution in [3.8, 4) is 17.2 Å². The Kier molecular flexibility index (Phi) is 6.13. The van der Waals surface area contributed by atoms with Crippen molar-refractivity contribution < 1.29 is 19.0 Å². The van der Waals surface area contributed by atoms with Gasteiger partial charge < -0.3 is 19.5 Å². The summed E-state index contributed by atoms with van der Waals surface area (Å²) >= 11 is 0. The zero-order chi connectivity index (χ0) is 21.0. The Morgan fingerprint density at radius 1 is 1.10 bits per heavy atom. The highest BCUT2D eigenvalue weighted by Gasteiger charge is 2.44. The minimum Gasteiger partial charge on any atom is -0.497 e. The van der Waals surface area contributed by atoms with Crippen LogP contribution in [0.5, 0.6) is 17.2 Å². The topological polar surface area (TPSA) is 60.0 Å². The SMILES string of the molecule is COc1ccc(CCCN(C)CC(=O)Nc2ccc3c(c2)OC2(CCCC2)O3)cc1. The molecule has 1 aliphatic carbocycles. The highest BCUT2D eigenvalue weighted by molar-refractivity contribution is 5.92. The lowest BCUT2D eigenvalue weighted by Crippen LogP contribution is -2.34. The molecule has 1 spiro atoms. The van der Waals surface area contributed by atoms with Gasteiger partial charge in [-0.1, -0.05) is 12.1 Å². The van der Waals surface area contributed by atoms with Crippen molar-refractivity contribution in [2.24, 2.45) is 0 Å². The summed E-state index contributed by atoms with van der Waals surface area (Å²) in [5.74, 6) is 1.86. The summed E-state index contributed by atoms with van der Waals surface area (Å²) in [5.41, 5.74) is 2.01. The van der Waals surface area contributed by atoms with Crippen molar-refractivity contribution >= 4 is 11.6 Å². The van der Waals surface area contributed by atoms with E-state index < -0.39 is 5.79 Å². The van der Waals surface area contributed by atoms with Crippen molar-refractivity contribution in [3.63, 3.8) is 0 Å². The highest BCUT2D eigenvalue weighted by atomic mass is 16.7. The number of likely N-dealkylation sites (N-methyl/N-ethyl adjacent to an activating group) is 1. The molecule has 0 saturated heterocycles. The minimum absolute atomic E-state index is 0.0311. The maximum Gasteiger partial charge on any atom is 0.251 e. The first-order chi connectivity index (χ1) is 14.5. The lowest BCUT2D eigenvalue weighted by atomic mass is 10.1. The Balaban J connectivity index is 1.22. The number of ether oxygens (including phenoxy) is 3. The maximum absolute atomic E-state index is 12.4. The third-order valence-corrected chi connectivity index (χ3v) is 5.76.